The summed E-state index contributed by atoms with van der Waals surface area (Å²) in [6, 6.07) is 7.74. The van der Waals surface area contributed by atoms with Crippen LogP contribution in [0.3, 0.4) is 0 Å². The van der Waals surface area contributed by atoms with Crippen molar-refractivity contribution in [3.05, 3.63) is 35.4 Å². The molecule has 0 spiro atoms. The monoisotopic (exact) mass is 321 g/mol. The molecule has 1 aliphatic rings. The summed E-state index contributed by atoms with van der Waals surface area (Å²) < 4.78 is 4.41. The summed E-state index contributed by atoms with van der Waals surface area (Å²) in [6.45, 7) is 8.14. The number of nitrogens with zero attached hydrogens (tertiary/aromatic N) is 1. The second-order valence-corrected chi connectivity index (χ2v) is 7.46. The van der Waals surface area contributed by atoms with E-state index < -0.39 is 10.8 Å². The minimum Gasteiger partial charge on any atom is -0.447 e. The molecule has 0 N–H and O–H groups in total. The van der Waals surface area contributed by atoms with Crippen LogP contribution in [0.4, 0.5) is 4.79 Å². The summed E-state index contributed by atoms with van der Waals surface area (Å²) in [5.41, 5.74) is 2.12. The molecule has 1 aromatic carbocycles. The molecule has 120 valence electrons. The zero-order chi connectivity index (χ0) is 16.5. The van der Waals surface area contributed by atoms with Gasteiger partial charge in [-0.15, -0.1) is 0 Å². The molecule has 4 nitrogen and oxygen atoms in total. The van der Waals surface area contributed by atoms with Gasteiger partial charge in [0.15, 0.2) is 0 Å². The third-order valence-corrected chi connectivity index (χ3v) is 4.53. The fourth-order valence-corrected chi connectivity index (χ4v) is 2.89. The van der Waals surface area contributed by atoms with Crippen LogP contribution in [0.2, 0.25) is 0 Å². The number of aryl methyl sites for hydroxylation is 1. The van der Waals surface area contributed by atoms with Crippen LogP contribution in [0.1, 0.15) is 38.3 Å². The highest BCUT2D eigenvalue weighted by Crippen LogP contribution is 2.34. The van der Waals surface area contributed by atoms with Gasteiger partial charge in [0.25, 0.3) is 0 Å². The minimum atomic E-state index is -0.630. The quantitative estimate of drug-likeness (QED) is 0.863. The molecule has 0 unspecified atom stereocenters. The zero-order valence-electron chi connectivity index (χ0n) is 13.5. The zero-order valence-corrected chi connectivity index (χ0v) is 14.4. The average Bonchev–Trinajstić information content (AvgIpc) is 2.81. The van der Waals surface area contributed by atoms with Crippen molar-refractivity contribution in [3.63, 3.8) is 0 Å². The van der Waals surface area contributed by atoms with Crippen LogP contribution in [0.15, 0.2) is 24.3 Å². The molecule has 0 aliphatic carbocycles. The van der Waals surface area contributed by atoms with Crippen LogP contribution in [-0.2, 0) is 14.3 Å². The number of imide groups is 1. The summed E-state index contributed by atoms with van der Waals surface area (Å²) in [7, 11) is 0. The summed E-state index contributed by atoms with van der Waals surface area (Å²) in [5, 5.41) is 0. The minimum absolute atomic E-state index is 0.150. The first-order valence-corrected chi connectivity index (χ1v) is 7.95. The van der Waals surface area contributed by atoms with Crippen molar-refractivity contribution in [2.45, 2.75) is 44.9 Å². The van der Waals surface area contributed by atoms with E-state index in [1.807, 2.05) is 52.0 Å². The van der Waals surface area contributed by atoms with Crippen LogP contribution < -0.4 is 0 Å². The fourth-order valence-electron chi connectivity index (χ4n) is 2.61. The number of hydrogen-bond acceptors (Lipinski definition) is 4. The molecule has 1 aliphatic heterocycles. The van der Waals surface area contributed by atoms with E-state index in [4.69, 9.17) is 4.74 Å². The van der Waals surface area contributed by atoms with Gasteiger partial charge in [-0.25, -0.2) is 9.69 Å². The Balaban J connectivity index is 2.16. The van der Waals surface area contributed by atoms with E-state index in [9.17, 15) is 9.59 Å². The number of benzene rings is 1. The number of cyclic esters (lactones) is 1. The van der Waals surface area contributed by atoms with Crippen molar-refractivity contribution >= 4 is 24.6 Å². The molecule has 0 bridgehead atoms. The van der Waals surface area contributed by atoms with E-state index in [1.54, 1.807) is 0 Å². The highest BCUT2D eigenvalue weighted by molar-refractivity contribution is 7.81. The number of amides is 2. The van der Waals surface area contributed by atoms with Crippen molar-refractivity contribution in [1.82, 2.24) is 4.90 Å². The van der Waals surface area contributed by atoms with Gasteiger partial charge in [0, 0.05) is 11.2 Å². The molecular formula is C17H23NO3S. The van der Waals surface area contributed by atoms with Gasteiger partial charge in [0.1, 0.15) is 6.61 Å². The van der Waals surface area contributed by atoms with Gasteiger partial charge in [-0.05, 0) is 25.3 Å². The molecule has 2 amide bonds. The third kappa shape index (κ3) is 3.46. The standard InChI is InChI=1S/C17H23NO3S/c1-11(2)14-10-21-16(20)18(14)15(19)9-17(4,22)13-7-5-12(3)6-8-13/h5-8,11,14,22H,9-10H2,1-4H3/t14-,17-/m1/s1. The fraction of sp³-hybridized carbons (Fsp3) is 0.529. The molecule has 22 heavy (non-hydrogen) atoms. The van der Waals surface area contributed by atoms with Crippen molar-refractivity contribution in [2.24, 2.45) is 5.92 Å². The Hall–Kier alpha value is -1.49. The average molecular weight is 321 g/mol. The maximum atomic E-state index is 12.6. The largest absolute Gasteiger partial charge is 0.447 e. The van der Waals surface area contributed by atoms with Crippen LogP contribution in [-0.4, -0.2) is 29.5 Å². The second kappa shape index (κ2) is 6.32. The van der Waals surface area contributed by atoms with Gasteiger partial charge in [0.05, 0.1) is 6.04 Å². The van der Waals surface area contributed by atoms with E-state index in [2.05, 4.69) is 12.6 Å². The smallest absolute Gasteiger partial charge is 0.416 e. The van der Waals surface area contributed by atoms with E-state index in [0.717, 1.165) is 11.1 Å². The van der Waals surface area contributed by atoms with Gasteiger partial charge in [0.2, 0.25) is 5.91 Å². The molecule has 1 heterocycles. The molecule has 2 atom stereocenters. The van der Waals surface area contributed by atoms with Crippen molar-refractivity contribution in [1.29, 1.82) is 0 Å². The highest BCUT2D eigenvalue weighted by atomic mass is 32.1. The first-order chi connectivity index (χ1) is 10.2. The van der Waals surface area contributed by atoms with E-state index >= 15 is 0 Å². The molecule has 1 aromatic rings. The predicted molar refractivity (Wildman–Crippen MR) is 89.0 cm³/mol. The van der Waals surface area contributed by atoms with Gasteiger partial charge in [-0.3, -0.25) is 4.79 Å². The molecule has 5 heteroatoms. The SMILES string of the molecule is Cc1ccc([C@](C)(S)CC(=O)N2C(=O)OC[C@@H]2C(C)C)cc1. The molecule has 1 fully saturated rings. The Morgan fingerprint density at radius 2 is 2.00 bits per heavy atom. The Morgan fingerprint density at radius 1 is 1.41 bits per heavy atom. The number of rotatable bonds is 4. The van der Waals surface area contributed by atoms with Crippen molar-refractivity contribution in [3.8, 4) is 0 Å². The molecule has 0 radical (unpaired) electrons. The Labute approximate surface area is 137 Å². The topological polar surface area (TPSA) is 46.6 Å². The van der Waals surface area contributed by atoms with Crippen LogP contribution in [0, 0.1) is 12.8 Å². The van der Waals surface area contributed by atoms with Gasteiger partial charge < -0.3 is 4.74 Å². The van der Waals surface area contributed by atoms with Crippen LogP contribution >= 0.6 is 12.6 Å². The summed E-state index contributed by atoms with van der Waals surface area (Å²) in [4.78, 5) is 25.7. The number of carbonyl (C=O) groups excluding carboxylic acids is 2. The normalized spacial score (nSPS) is 20.9. The maximum Gasteiger partial charge on any atom is 0.416 e. The summed E-state index contributed by atoms with van der Waals surface area (Å²) >= 11 is 4.65. The Morgan fingerprint density at radius 3 is 2.55 bits per heavy atom. The molecule has 2 rings (SSSR count). The van der Waals surface area contributed by atoms with Crippen molar-refractivity contribution in [2.75, 3.05) is 6.61 Å². The van der Waals surface area contributed by atoms with Gasteiger partial charge in [-0.2, -0.15) is 12.6 Å². The number of ether oxygens (including phenoxy) is 1. The van der Waals surface area contributed by atoms with E-state index in [1.165, 1.54) is 4.90 Å². The molecular weight excluding hydrogens is 298 g/mol. The lowest BCUT2D eigenvalue weighted by atomic mass is 9.94. The van der Waals surface area contributed by atoms with Crippen LogP contribution in [0.25, 0.3) is 0 Å². The number of thiol groups is 1. The maximum absolute atomic E-state index is 12.6. The molecule has 1 saturated heterocycles. The van der Waals surface area contributed by atoms with E-state index in [-0.39, 0.29) is 30.9 Å². The lowest BCUT2D eigenvalue weighted by Crippen LogP contribution is -2.43. The lowest BCUT2D eigenvalue weighted by Gasteiger charge is -2.28. The first kappa shape index (κ1) is 16.9. The van der Waals surface area contributed by atoms with Gasteiger partial charge >= 0.3 is 6.09 Å². The predicted octanol–water partition coefficient (Wildman–Crippen LogP) is 3.53. The molecule has 0 aromatic heterocycles. The number of carbonyl (C=O) groups is 2. The second-order valence-electron chi connectivity index (χ2n) is 6.47. The van der Waals surface area contributed by atoms with Gasteiger partial charge in [-0.1, -0.05) is 43.7 Å². The highest BCUT2D eigenvalue weighted by Gasteiger charge is 2.41. The first-order valence-electron chi connectivity index (χ1n) is 7.50. The van der Waals surface area contributed by atoms with Crippen molar-refractivity contribution < 1.29 is 14.3 Å². The summed E-state index contributed by atoms with van der Waals surface area (Å²) in [6.07, 6.45) is -0.394. The third-order valence-electron chi connectivity index (χ3n) is 4.11. The van der Waals surface area contributed by atoms with Crippen LogP contribution in [0.5, 0.6) is 0 Å². The number of hydrogen-bond donors (Lipinski definition) is 1. The molecule has 0 saturated carbocycles. The Kier molecular flexibility index (Phi) is 4.85. The lowest BCUT2D eigenvalue weighted by molar-refractivity contribution is -0.130. The Bertz CT molecular complexity index is 566. The van der Waals surface area contributed by atoms with E-state index in [0.29, 0.717) is 0 Å². The summed E-state index contributed by atoms with van der Waals surface area (Å²) in [5.74, 6) is -0.0692.